The van der Waals surface area contributed by atoms with Gasteiger partial charge < -0.3 is 11.1 Å². The lowest BCUT2D eigenvalue weighted by Crippen LogP contribution is -2.41. The molecule has 6 heteroatoms. The molecule has 19 heavy (non-hydrogen) atoms. The monoisotopic (exact) mass is 352 g/mol. The summed E-state index contributed by atoms with van der Waals surface area (Å²) >= 11 is 3.07. The van der Waals surface area contributed by atoms with E-state index in [1.165, 1.54) is 6.07 Å². The lowest BCUT2D eigenvalue weighted by molar-refractivity contribution is -0.125. The molecule has 0 bridgehead atoms. The number of nitrogens with one attached hydrogen (secondary N) is 1. The Morgan fingerprint density at radius 1 is 1.42 bits per heavy atom. The van der Waals surface area contributed by atoms with Crippen LogP contribution in [0.15, 0.2) is 22.7 Å². The quantitative estimate of drug-likeness (QED) is 0.848. The Labute approximate surface area is 127 Å². The number of carbonyl (C=O) groups excluding carboxylic acids is 1. The summed E-state index contributed by atoms with van der Waals surface area (Å²) in [5, 5.41) is 2.72. The van der Waals surface area contributed by atoms with E-state index in [1.807, 2.05) is 13.8 Å². The molecule has 1 aromatic carbocycles. The maximum Gasteiger partial charge on any atom is 0.231 e. The van der Waals surface area contributed by atoms with Crippen molar-refractivity contribution in [1.29, 1.82) is 0 Å². The third-order valence-corrected chi connectivity index (χ3v) is 4.05. The van der Waals surface area contributed by atoms with Crippen LogP contribution in [-0.2, 0) is 4.79 Å². The van der Waals surface area contributed by atoms with Gasteiger partial charge in [-0.1, -0.05) is 13.8 Å². The predicted octanol–water partition coefficient (Wildman–Crippen LogP) is 3.71. The van der Waals surface area contributed by atoms with Crippen LogP contribution in [0.5, 0.6) is 0 Å². The molecule has 0 atom stereocenters. The predicted molar refractivity (Wildman–Crippen MR) is 82.0 cm³/mol. The summed E-state index contributed by atoms with van der Waals surface area (Å²) in [6.45, 7) is 4.14. The third-order valence-electron chi connectivity index (χ3n) is 3.40. The van der Waals surface area contributed by atoms with Crippen LogP contribution < -0.4 is 11.1 Å². The van der Waals surface area contributed by atoms with E-state index in [1.54, 1.807) is 12.1 Å². The van der Waals surface area contributed by atoms with E-state index in [2.05, 4.69) is 21.2 Å². The summed E-state index contributed by atoms with van der Waals surface area (Å²) in [4.78, 5) is 12.2. The highest BCUT2D eigenvalue weighted by atomic mass is 79.9. The van der Waals surface area contributed by atoms with Crippen LogP contribution in [0.25, 0.3) is 0 Å². The smallest absolute Gasteiger partial charge is 0.231 e. The fourth-order valence-corrected chi connectivity index (χ4v) is 2.04. The highest BCUT2D eigenvalue weighted by Gasteiger charge is 2.33. The fourth-order valence-electron chi connectivity index (χ4n) is 1.79. The number of anilines is 1. The third kappa shape index (κ3) is 4.16. The second kappa shape index (κ2) is 7.82. The minimum absolute atomic E-state index is 0. The van der Waals surface area contributed by atoms with Crippen molar-refractivity contribution in [1.82, 2.24) is 0 Å². The van der Waals surface area contributed by atoms with Gasteiger partial charge in [-0.2, -0.15) is 0 Å². The van der Waals surface area contributed by atoms with Crippen molar-refractivity contribution >= 4 is 39.9 Å². The minimum Gasteiger partial charge on any atom is -0.329 e. The number of hydrogen-bond acceptors (Lipinski definition) is 2. The number of amides is 1. The number of rotatable bonds is 5. The number of nitrogens with two attached hydrogens (primary N) is 1. The Hall–Kier alpha value is -0.650. The molecule has 0 heterocycles. The van der Waals surface area contributed by atoms with Gasteiger partial charge in [0.25, 0.3) is 0 Å². The Balaban J connectivity index is 0.00000324. The molecule has 0 aliphatic carbocycles. The van der Waals surface area contributed by atoms with E-state index in [9.17, 15) is 9.18 Å². The highest BCUT2D eigenvalue weighted by Crippen LogP contribution is 2.27. The second-order valence-corrected chi connectivity index (χ2v) is 5.13. The molecule has 0 aliphatic rings. The maximum atomic E-state index is 13.3. The zero-order valence-corrected chi connectivity index (χ0v) is 13.4. The van der Waals surface area contributed by atoms with Crippen molar-refractivity contribution in [3.63, 3.8) is 0 Å². The van der Waals surface area contributed by atoms with E-state index in [-0.39, 0.29) is 24.9 Å². The molecule has 0 aromatic heterocycles. The van der Waals surface area contributed by atoms with E-state index < -0.39 is 11.2 Å². The topological polar surface area (TPSA) is 55.1 Å². The minimum atomic E-state index is -0.580. The molecule has 0 unspecified atom stereocenters. The van der Waals surface area contributed by atoms with Gasteiger partial charge in [-0.3, -0.25) is 4.79 Å². The SMILES string of the molecule is CCC(CC)(CN)C(=O)Nc1ccc(Br)c(F)c1.Cl. The van der Waals surface area contributed by atoms with Crippen LogP contribution in [0.2, 0.25) is 0 Å². The number of carbonyl (C=O) groups is 1. The highest BCUT2D eigenvalue weighted by molar-refractivity contribution is 9.10. The summed E-state index contributed by atoms with van der Waals surface area (Å²) in [5.74, 6) is -0.559. The van der Waals surface area contributed by atoms with E-state index in [4.69, 9.17) is 5.73 Å². The lowest BCUT2D eigenvalue weighted by Gasteiger charge is -2.28. The Kier molecular flexibility index (Phi) is 7.55. The van der Waals surface area contributed by atoms with Gasteiger partial charge in [0.1, 0.15) is 5.82 Å². The molecule has 108 valence electrons. The molecule has 3 N–H and O–H groups in total. The van der Waals surface area contributed by atoms with E-state index in [0.717, 1.165) is 0 Å². The van der Waals surface area contributed by atoms with Gasteiger partial charge in [0.05, 0.1) is 9.89 Å². The van der Waals surface area contributed by atoms with Crippen LogP contribution in [0.3, 0.4) is 0 Å². The Bertz CT molecular complexity index is 430. The van der Waals surface area contributed by atoms with Crippen molar-refractivity contribution in [3.05, 3.63) is 28.5 Å². The average Bonchev–Trinajstić information content (AvgIpc) is 2.37. The van der Waals surface area contributed by atoms with E-state index in [0.29, 0.717) is 23.0 Å². The molecule has 0 fully saturated rings. The molecule has 3 nitrogen and oxygen atoms in total. The zero-order valence-electron chi connectivity index (χ0n) is 11.0. The first-order chi connectivity index (χ1) is 8.49. The van der Waals surface area contributed by atoms with Crippen LogP contribution in [-0.4, -0.2) is 12.5 Å². The van der Waals surface area contributed by atoms with Crippen LogP contribution in [0.4, 0.5) is 10.1 Å². The zero-order chi connectivity index (χ0) is 13.8. The molecule has 1 aromatic rings. The number of halogens is 3. The number of hydrogen-bond donors (Lipinski definition) is 2. The van der Waals surface area contributed by atoms with Gasteiger partial charge >= 0.3 is 0 Å². The van der Waals surface area contributed by atoms with Crippen molar-refractivity contribution in [2.24, 2.45) is 11.1 Å². The first-order valence-corrected chi connectivity index (χ1v) is 6.75. The van der Waals surface area contributed by atoms with Gasteiger partial charge in [-0.25, -0.2) is 4.39 Å². The van der Waals surface area contributed by atoms with Gasteiger partial charge in [0.2, 0.25) is 5.91 Å². The van der Waals surface area contributed by atoms with Crippen LogP contribution in [0, 0.1) is 11.2 Å². The maximum absolute atomic E-state index is 13.3. The molecule has 1 rings (SSSR count). The van der Waals surface area contributed by atoms with Gasteiger partial charge in [-0.05, 0) is 47.0 Å². The summed E-state index contributed by atoms with van der Waals surface area (Å²) in [7, 11) is 0. The summed E-state index contributed by atoms with van der Waals surface area (Å²) in [6, 6.07) is 4.50. The summed E-state index contributed by atoms with van der Waals surface area (Å²) in [6.07, 6.45) is 1.32. The van der Waals surface area contributed by atoms with E-state index >= 15 is 0 Å². The molecular formula is C13H19BrClFN2O. The number of benzene rings is 1. The standard InChI is InChI=1S/C13H18BrFN2O.ClH/c1-3-13(4-2,8-16)12(18)17-9-5-6-10(14)11(15)7-9;/h5-7H,3-4,8,16H2,1-2H3,(H,17,18);1H. The second-order valence-electron chi connectivity index (χ2n) is 4.27. The molecule has 0 saturated carbocycles. The van der Waals surface area contributed by atoms with Gasteiger partial charge in [0.15, 0.2) is 0 Å². The molecule has 1 amide bonds. The lowest BCUT2D eigenvalue weighted by atomic mass is 9.81. The van der Waals surface area contributed by atoms with Crippen molar-refractivity contribution in [2.75, 3.05) is 11.9 Å². The summed E-state index contributed by atoms with van der Waals surface area (Å²) in [5.41, 5.74) is 5.56. The largest absolute Gasteiger partial charge is 0.329 e. The van der Waals surface area contributed by atoms with Crippen LogP contribution >= 0.6 is 28.3 Å². The first-order valence-electron chi connectivity index (χ1n) is 5.95. The van der Waals surface area contributed by atoms with Gasteiger partial charge in [-0.15, -0.1) is 12.4 Å². The molecule has 0 aliphatic heterocycles. The van der Waals surface area contributed by atoms with Gasteiger partial charge in [0, 0.05) is 12.2 Å². The Morgan fingerprint density at radius 2 is 2.00 bits per heavy atom. The van der Waals surface area contributed by atoms with Crippen LogP contribution in [0.1, 0.15) is 26.7 Å². The fraction of sp³-hybridized carbons (Fsp3) is 0.462. The summed E-state index contributed by atoms with van der Waals surface area (Å²) < 4.78 is 13.7. The average molecular weight is 354 g/mol. The normalized spacial score (nSPS) is 10.8. The first kappa shape index (κ1) is 18.4. The van der Waals surface area contributed by atoms with Crippen molar-refractivity contribution < 1.29 is 9.18 Å². The molecule has 0 saturated heterocycles. The molecular weight excluding hydrogens is 335 g/mol. The molecule has 0 spiro atoms. The van der Waals surface area contributed by atoms with Crippen molar-refractivity contribution in [2.45, 2.75) is 26.7 Å². The Morgan fingerprint density at radius 3 is 2.42 bits per heavy atom. The van der Waals surface area contributed by atoms with Crippen molar-refractivity contribution in [3.8, 4) is 0 Å². The molecule has 0 radical (unpaired) electrons.